The summed E-state index contributed by atoms with van der Waals surface area (Å²) in [4.78, 5) is 58.4. The summed E-state index contributed by atoms with van der Waals surface area (Å²) in [5, 5.41) is 15.8. The molecule has 14 nitrogen and oxygen atoms in total. The molecule has 9 N–H and O–H groups in total. The summed E-state index contributed by atoms with van der Waals surface area (Å²) in [7, 11) is 1.67. The number of benzene rings is 4. The Morgan fingerprint density at radius 3 is 2.05 bits per heavy atom. The van der Waals surface area contributed by atoms with Crippen molar-refractivity contribution in [2.24, 2.45) is 5.73 Å². The van der Waals surface area contributed by atoms with E-state index in [1.165, 1.54) is 28.0 Å². The Labute approximate surface area is 369 Å². The van der Waals surface area contributed by atoms with E-state index in [2.05, 4.69) is 10.6 Å². The van der Waals surface area contributed by atoms with Crippen LogP contribution >= 0.6 is 0 Å². The van der Waals surface area contributed by atoms with Gasteiger partial charge in [0.05, 0.1) is 85.5 Å². The fraction of sp³-hybridized carbons (Fsp3) is 0.289. The molecule has 4 aromatic carbocycles. The molecule has 3 aliphatic rings. The van der Waals surface area contributed by atoms with E-state index < -0.39 is 59.4 Å². The summed E-state index contributed by atoms with van der Waals surface area (Å²) in [6, 6.07) is 18.9. The Morgan fingerprint density at radius 2 is 1.42 bits per heavy atom. The quantitative estimate of drug-likeness (QED) is 0.0465. The number of nitrogens with two attached hydrogens (primary N) is 3. The minimum atomic E-state index is -4.72. The molecule has 7 rings (SSSR count). The van der Waals surface area contributed by atoms with Gasteiger partial charge < -0.3 is 47.2 Å². The minimum absolute atomic E-state index is 0.0233. The van der Waals surface area contributed by atoms with E-state index in [-0.39, 0.29) is 90.6 Å². The molecule has 0 spiro atoms. The third-order valence-electron chi connectivity index (χ3n) is 11.7. The number of amides is 4. The molecule has 3 atom stereocenters. The van der Waals surface area contributed by atoms with Crippen LogP contribution in [0.2, 0.25) is 0 Å². The van der Waals surface area contributed by atoms with Gasteiger partial charge in [-0.3, -0.25) is 14.5 Å². The zero-order valence-corrected chi connectivity index (χ0v) is 34.9. The van der Waals surface area contributed by atoms with Crippen molar-refractivity contribution < 1.29 is 55.1 Å². The molecule has 20 heteroatoms. The predicted octanol–water partition coefficient (Wildman–Crippen LogP) is 6.09. The second kappa shape index (κ2) is 17.8. The lowest BCUT2D eigenvalue weighted by molar-refractivity contribution is -0.902. The Bertz CT molecular complexity index is 2560. The molecule has 4 aromatic rings. The molecule has 65 heavy (non-hydrogen) atoms. The van der Waals surface area contributed by atoms with Gasteiger partial charge in [-0.25, -0.2) is 9.59 Å². The highest BCUT2D eigenvalue weighted by Gasteiger charge is 2.46. The number of carboxylic acid groups (broad SMARTS) is 1. The van der Waals surface area contributed by atoms with Crippen LogP contribution in [0.4, 0.5) is 53.9 Å². The number of halogens is 6. The monoisotopic (exact) mass is 906 g/mol. The number of aliphatic carboxylic acids is 1. The molecule has 0 radical (unpaired) electrons. The van der Waals surface area contributed by atoms with Crippen LogP contribution in [0.1, 0.15) is 40.8 Å². The number of rotatable bonds is 15. The molecule has 0 aliphatic carbocycles. The molecule has 1 unspecified atom stereocenters. The van der Waals surface area contributed by atoms with Crippen molar-refractivity contribution >= 4 is 46.6 Å². The van der Waals surface area contributed by atoms with Crippen LogP contribution in [-0.4, -0.2) is 96.1 Å². The van der Waals surface area contributed by atoms with E-state index in [9.17, 15) is 50.6 Å². The number of quaternary nitrogens is 1. The average molecular weight is 907 g/mol. The van der Waals surface area contributed by atoms with Crippen molar-refractivity contribution in [1.29, 1.82) is 0 Å². The SMILES string of the molecule is C[N+](CCCN1CC(Nc2cccc(C(F)(F)F)c2)=C([C@H](N)c2ccc(N)cc2)C1=O)(CCN1CC2=C(C1=O)[C@@H](c1ccc(N)cc1)NC(=O)N2c1cccc(C(F)(F)F)c1)CC(=O)O. The maximum atomic E-state index is 14.3. The van der Waals surface area contributed by atoms with Gasteiger partial charge in [0.25, 0.3) is 11.8 Å². The highest BCUT2D eigenvalue weighted by molar-refractivity contribution is 6.07. The topological polar surface area (TPSA) is 200 Å². The molecular weight excluding hydrogens is 861 g/mol. The maximum Gasteiger partial charge on any atom is 0.416 e. The first-order valence-corrected chi connectivity index (χ1v) is 20.4. The van der Waals surface area contributed by atoms with E-state index in [1.807, 2.05) is 0 Å². The Hall–Kier alpha value is -7.06. The van der Waals surface area contributed by atoms with Gasteiger partial charge in [0, 0.05) is 35.7 Å². The van der Waals surface area contributed by atoms with Gasteiger partial charge in [0.2, 0.25) is 0 Å². The summed E-state index contributed by atoms with van der Waals surface area (Å²) in [6.07, 6.45) is -9.08. The molecule has 342 valence electrons. The van der Waals surface area contributed by atoms with Crippen LogP contribution in [0.25, 0.3) is 0 Å². The maximum absolute atomic E-state index is 14.3. The van der Waals surface area contributed by atoms with E-state index in [0.717, 1.165) is 35.2 Å². The first-order chi connectivity index (χ1) is 30.6. The number of nitrogens with zero attached hydrogens (tertiary/aromatic N) is 4. The highest BCUT2D eigenvalue weighted by Crippen LogP contribution is 2.41. The van der Waals surface area contributed by atoms with Crippen molar-refractivity contribution in [2.45, 2.75) is 30.9 Å². The van der Waals surface area contributed by atoms with Crippen LogP contribution in [-0.2, 0) is 26.7 Å². The normalized spacial score (nSPS) is 18.2. The molecule has 4 amide bonds. The second-order valence-corrected chi connectivity index (χ2v) is 16.5. The van der Waals surface area contributed by atoms with Crippen molar-refractivity contribution in [3.63, 3.8) is 0 Å². The smallest absolute Gasteiger partial charge is 0.416 e. The van der Waals surface area contributed by atoms with Crippen molar-refractivity contribution in [3.8, 4) is 0 Å². The van der Waals surface area contributed by atoms with E-state index in [0.29, 0.717) is 22.5 Å². The van der Waals surface area contributed by atoms with Crippen LogP contribution < -0.4 is 32.7 Å². The molecule has 0 fully saturated rings. The van der Waals surface area contributed by atoms with Crippen molar-refractivity contribution in [1.82, 2.24) is 15.1 Å². The lowest BCUT2D eigenvalue weighted by Gasteiger charge is -2.35. The number of carbonyl (C=O) groups excluding carboxylic acids is 3. The van der Waals surface area contributed by atoms with Crippen LogP contribution in [0, 0.1) is 0 Å². The lowest BCUT2D eigenvalue weighted by atomic mass is 9.95. The number of urea groups is 1. The Kier molecular flexibility index (Phi) is 12.6. The number of hydrogen-bond acceptors (Lipinski definition) is 8. The number of carboxylic acids is 1. The Morgan fingerprint density at radius 1 is 0.815 bits per heavy atom. The number of carbonyl (C=O) groups is 4. The number of nitrogens with one attached hydrogen (secondary N) is 2. The number of hydrogen-bond donors (Lipinski definition) is 6. The van der Waals surface area contributed by atoms with Gasteiger partial charge in [0.15, 0.2) is 6.54 Å². The lowest BCUT2D eigenvalue weighted by Crippen LogP contribution is -2.53. The van der Waals surface area contributed by atoms with Crippen LogP contribution in [0.5, 0.6) is 0 Å². The molecule has 0 aromatic heterocycles. The van der Waals surface area contributed by atoms with Crippen molar-refractivity contribution in [3.05, 3.63) is 142 Å². The standard InChI is InChI=1S/C45H45F6N9O5/c1-60(25-36(61)62,19-4-17-57-23-34(55-32-7-2-5-28(21-32)44(46,47)48)37(41(57)63)39(54)26-9-13-30(52)14-10-26)20-18-58-24-35-38(42(58)64)40(27-11-15-31(53)16-12-27)56-43(65)59(35)33-8-3-6-29(22-33)45(49,50)51/h2-3,5-16,21-22,39-40H,4,17-20,23-25,52-54H2,1H3,(H2-,55,56,61,62,63,65)/p+1/t39-,40-,60?/m1/s1. The molecule has 0 saturated carbocycles. The molecular formula is C45H46F6N9O5+. The molecule has 0 bridgehead atoms. The third-order valence-corrected chi connectivity index (χ3v) is 11.7. The zero-order valence-electron chi connectivity index (χ0n) is 34.9. The summed E-state index contributed by atoms with van der Waals surface area (Å²) in [6.45, 7) is -0.266. The highest BCUT2D eigenvalue weighted by atomic mass is 19.4. The molecule has 3 heterocycles. The van der Waals surface area contributed by atoms with Crippen LogP contribution in [0.3, 0.4) is 0 Å². The number of alkyl halides is 6. The van der Waals surface area contributed by atoms with Gasteiger partial charge in [-0.05, 0) is 71.8 Å². The fourth-order valence-corrected chi connectivity index (χ4v) is 8.38. The van der Waals surface area contributed by atoms with Gasteiger partial charge in [-0.15, -0.1) is 0 Å². The second-order valence-electron chi connectivity index (χ2n) is 16.5. The first kappa shape index (κ1) is 45.9. The van der Waals surface area contributed by atoms with E-state index in [1.54, 1.807) is 55.6 Å². The molecule has 3 aliphatic heterocycles. The first-order valence-electron chi connectivity index (χ1n) is 20.4. The average Bonchev–Trinajstić information content (AvgIpc) is 3.73. The predicted molar refractivity (Wildman–Crippen MR) is 229 cm³/mol. The van der Waals surface area contributed by atoms with Crippen LogP contribution in [0.15, 0.2) is 120 Å². The largest absolute Gasteiger partial charge is 0.477 e. The van der Waals surface area contributed by atoms with E-state index >= 15 is 0 Å². The van der Waals surface area contributed by atoms with Gasteiger partial charge in [-0.1, -0.05) is 36.4 Å². The number of nitrogen functional groups attached to an aromatic ring is 2. The fourth-order valence-electron chi connectivity index (χ4n) is 8.38. The number of anilines is 4. The molecule has 0 saturated heterocycles. The van der Waals surface area contributed by atoms with Gasteiger partial charge in [0.1, 0.15) is 0 Å². The van der Waals surface area contributed by atoms with Gasteiger partial charge in [-0.2, -0.15) is 26.3 Å². The third kappa shape index (κ3) is 10.0. The number of likely N-dealkylation sites (N-methyl/N-ethyl adjacent to an activating group) is 1. The Balaban J connectivity index is 1.09. The summed E-state index contributed by atoms with van der Waals surface area (Å²) in [5.41, 5.74) is 19.1. The van der Waals surface area contributed by atoms with Gasteiger partial charge >= 0.3 is 24.4 Å². The summed E-state index contributed by atoms with van der Waals surface area (Å²) in [5.74, 6) is -2.13. The summed E-state index contributed by atoms with van der Waals surface area (Å²) >= 11 is 0. The van der Waals surface area contributed by atoms with Crippen molar-refractivity contribution in [2.75, 3.05) is 74.5 Å². The zero-order chi connectivity index (χ0) is 47.0. The minimum Gasteiger partial charge on any atom is -0.477 e. The van der Waals surface area contributed by atoms with E-state index in [4.69, 9.17) is 17.2 Å². The summed E-state index contributed by atoms with van der Waals surface area (Å²) < 4.78 is 82.0.